The van der Waals surface area contributed by atoms with Crippen LogP contribution in [-0.2, 0) is 0 Å². The molecule has 2 aromatic rings. The number of imidazole rings is 1. The van der Waals surface area contributed by atoms with Crippen LogP contribution in [0.4, 0.5) is 17.6 Å². The summed E-state index contributed by atoms with van der Waals surface area (Å²) in [5.74, 6) is -1.82. The van der Waals surface area contributed by atoms with Gasteiger partial charge in [-0.15, -0.1) is 0 Å². The van der Waals surface area contributed by atoms with E-state index in [2.05, 4.69) is 9.97 Å². The normalized spacial score (nSPS) is 20.3. The molecule has 160 valence electrons. The summed E-state index contributed by atoms with van der Waals surface area (Å²) in [5.41, 5.74) is -1.72. The lowest BCUT2D eigenvalue weighted by molar-refractivity contribution is -0.0693. The van der Waals surface area contributed by atoms with Gasteiger partial charge >= 0.3 is 6.18 Å². The molecule has 6 nitrogen and oxygen atoms in total. The molecule has 1 saturated heterocycles. The molecule has 0 saturated carbocycles. The molecule has 1 aliphatic rings. The molecule has 1 aliphatic heterocycles. The molecule has 3 rings (SSSR count). The average Bonchev–Trinajstić information content (AvgIpc) is 3.16. The maximum atomic E-state index is 13.6. The quantitative estimate of drug-likeness (QED) is 0.519. The van der Waals surface area contributed by atoms with E-state index in [0.717, 1.165) is 18.3 Å². The van der Waals surface area contributed by atoms with E-state index < -0.39 is 41.1 Å². The van der Waals surface area contributed by atoms with Crippen LogP contribution >= 0.6 is 0 Å². The van der Waals surface area contributed by atoms with E-state index in [1.807, 2.05) is 0 Å². The summed E-state index contributed by atoms with van der Waals surface area (Å²) in [6, 6.07) is 4.49. The monoisotopic (exact) mass is 424 g/mol. The van der Waals surface area contributed by atoms with Crippen molar-refractivity contribution in [2.75, 3.05) is 13.1 Å². The number of aliphatic hydroxyl groups excluding tert-OH is 1. The van der Waals surface area contributed by atoms with Crippen molar-refractivity contribution < 1.29 is 27.5 Å². The topological polar surface area (TPSA) is 93.1 Å². The zero-order valence-corrected chi connectivity index (χ0v) is 16.0. The third-order valence-electron chi connectivity index (χ3n) is 4.96. The Balaban J connectivity index is 1.86. The van der Waals surface area contributed by atoms with Crippen molar-refractivity contribution in [3.63, 3.8) is 0 Å². The summed E-state index contributed by atoms with van der Waals surface area (Å²) in [6.45, 7) is 2.36. The van der Waals surface area contributed by atoms with E-state index in [1.54, 1.807) is 6.92 Å². The van der Waals surface area contributed by atoms with Crippen LogP contribution in [0.1, 0.15) is 35.2 Å². The predicted molar refractivity (Wildman–Crippen MR) is 102 cm³/mol. The Morgan fingerprint density at radius 3 is 2.60 bits per heavy atom. The average molecular weight is 424 g/mol. The second-order valence-electron chi connectivity index (χ2n) is 7.21. The van der Waals surface area contributed by atoms with Gasteiger partial charge in [-0.25, -0.2) is 9.37 Å². The first-order valence-corrected chi connectivity index (χ1v) is 9.22. The summed E-state index contributed by atoms with van der Waals surface area (Å²) in [7, 11) is 0. The molecule has 0 spiro atoms. The number of alkyl halides is 3. The van der Waals surface area contributed by atoms with Crippen molar-refractivity contribution in [3.05, 3.63) is 59.4 Å². The van der Waals surface area contributed by atoms with Crippen LogP contribution in [-0.4, -0.2) is 57.0 Å². The molecule has 0 radical (unpaired) electrons. The number of aromatic nitrogens is 2. The summed E-state index contributed by atoms with van der Waals surface area (Å²) < 4.78 is 53.8. The standard InChI is InChI=1S/C20H20F4N4O2/c1-11-10-28(7-6-17(11)29)19(30)16-9-26-18(27-16)14(20(22,23)24)8-15(25)12-2-4-13(21)5-3-12/h2-5,8-9,11,17,25,29H,6-7,10H2,1H3,(H,26,27)/b14-8+,25-15?. The lowest BCUT2D eigenvalue weighted by Crippen LogP contribution is -2.45. The Morgan fingerprint density at radius 1 is 1.33 bits per heavy atom. The predicted octanol–water partition coefficient (Wildman–Crippen LogP) is 3.41. The summed E-state index contributed by atoms with van der Waals surface area (Å²) in [4.78, 5) is 20.2. The van der Waals surface area contributed by atoms with Gasteiger partial charge in [0.05, 0.1) is 18.0 Å². The first-order chi connectivity index (χ1) is 14.1. The van der Waals surface area contributed by atoms with E-state index in [-0.39, 0.29) is 30.3 Å². The number of aromatic amines is 1. The first kappa shape index (κ1) is 21.7. The molecule has 2 atom stereocenters. The van der Waals surface area contributed by atoms with Gasteiger partial charge in [-0.05, 0) is 48.2 Å². The third-order valence-corrected chi connectivity index (χ3v) is 4.96. The van der Waals surface area contributed by atoms with Gasteiger partial charge in [-0.2, -0.15) is 13.2 Å². The Kier molecular flexibility index (Phi) is 6.06. The first-order valence-electron chi connectivity index (χ1n) is 9.22. The minimum absolute atomic E-state index is 0.0990. The number of likely N-dealkylation sites (tertiary alicyclic amines) is 1. The van der Waals surface area contributed by atoms with Crippen LogP contribution in [0.5, 0.6) is 0 Å². The fourth-order valence-electron chi connectivity index (χ4n) is 3.20. The number of hydrogen-bond donors (Lipinski definition) is 3. The number of nitrogens with one attached hydrogen (secondary N) is 2. The van der Waals surface area contributed by atoms with Gasteiger partial charge in [0.25, 0.3) is 5.91 Å². The molecule has 30 heavy (non-hydrogen) atoms. The Hall–Kier alpha value is -3.01. The molecule has 1 fully saturated rings. The van der Waals surface area contributed by atoms with Crippen molar-refractivity contribution >= 4 is 17.2 Å². The number of hydrogen-bond acceptors (Lipinski definition) is 4. The number of benzene rings is 1. The largest absolute Gasteiger partial charge is 0.420 e. The van der Waals surface area contributed by atoms with Gasteiger partial charge in [0.2, 0.25) is 0 Å². The summed E-state index contributed by atoms with van der Waals surface area (Å²) in [5, 5.41) is 17.7. The van der Waals surface area contributed by atoms with E-state index in [1.165, 1.54) is 17.0 Å². The van der Waals surface area contributed by atoms with Crippen LogP contribution in [0, 0.1) is 17.1 Å². The van der Waals surface area contributed by atoms with Crippen molar-refractivity contribution in [1.82, 2.24) is 14.9 Å². The number of aliphatic hydroxyl groups is 1. The molecule has 2 heterocycles. The zero-order chi connectivity index (χ0) is 22.1. The number of allylic oxidation sites excluding steroid dienone is 2. The van der Waals surface area contributed by atoms with E-state index >= 15 is 0 Å². The highest BCUT2D eigenvalue weighted by molar-refractivity contribution is 6.10. The van der Waals surface area contributed by atoms with Gasteiger partial charge in [0.15, 0.2) is 0 Å². The van der Waals surface area contributed by atoms with Gasteiger partial charge in [0.1, 0.15) is 22.9 Å². The van der Waals surface area contributed by atoms with Gasteiger partial charge < -0.3 is 20.4 Å². The highest BCUT2D eigenvalue weighted by atomic mass is 19.4. The molecule has 0 bridgehead atoms. The van der Waals surface area contributed by atoms with Crippen molar-refractivity contribution in [3.8, 4) is 0 Å². The highest BCUT2D eigenvalue weighted by Crippen LogP contribution is 2.33. The molecule has 2 unspecified atom stereocenters. The Morgan fingerprint density at radius 2 is 2.00 bits per heavy atom. The minimum atomic E-state index is -4.84. The molecular formula is C20H20F4N4O2. The van der Waals surface area contributed by atoms with E-state index in [9.17, 15) is 27.5 Å². The van der Waals surface area contributed by atoms with Crippen molar-refractivity contribution in [1.29, 1.82) is 5.41 Å². The van der Waals surface area contributed by atoms with Gasteiger partial charge in [0, 0.05) is 13.1 Å². The van der Waals surface area contributed by atoms with Crippen LogP contribution in [0.25, 0.3) is 5.57 Å². The van der Waals surface area contributed by atoms with Crippen molar-refractivity contribution in [2.24, 2.45) is 5.92 Å². The summed E-state index contributed by atoms with van der Waals surface area (Å²) in [6.07, 6.45) is -3.37. The molecular weight excluding hydrogens is 404 g/mol. The minimum Gasteiger partial charge on any atom is -0.393 e. The number of nitrogens with zero attached hydrogens (tertiary/aromatic N) is 2. The van der Waals surface area contributed by atoms with Crippen LogP contribution in [0.3, 0.4) is 0 Å². The SMILES string of the molecule is CC1CN(C(=O)c2cnc(/C(=C\C(=N)c3ccc(F)cc3)C(F)(F)F)[nH]2)CCC1O. The number of H-pyrrole nitrogens is 1. The fourth-order valence-corrected chi connectivity index (χ4v) is 3.20. The van der Waals surface area contributed by atoms with E-state index in [4.69, 9.17) is 5.41 Å². The van der Waals surface area contributed by atoms with Crippen LogP contribution in [0.15, 0.2) is 36.5 Å². The smallest absolute Gasteiger partial charge is 0.393 e. The number of amides is 1. The van der Waals surface area contributed by atoms with Crippen LogP contribution < -0.4 is 0 Å². The molecule has 1 amide bonds. The number of rotatable bonds is 4. The lowest BCUT2D eigenvalue weighted by Gasteiger charge is -2.34. The van der Waals surface area contributed by atoms with Gasteiger partial charge in [-0.1, -0.05) is 6.92 Å². The highest BCUT2D eigenvalue weighted by Gasteiger charge is 2.37. The second-order valence-corrected chi connectivity index (χ2v) is 7.21. The number of carbonyl (C=O) groups is 1. The van der Waals surface area contributed by atoms with Crippen molar-refractivity contribution in [2.45, 2.75) is 25.6 Å². The third kappa shape index (κ3) is 4.76. The summed E-state index contributed by atoms with van der Waals surface area (Å²) >= 11 is 0. The Labute approximate surface area is 169 Å². The Bertz CT molecular complexity index is 966. The molecule has 1 aromatic heterocycles. The number of carbonyl (C=O) groups excluding carboxylic acids is 1. The molecule has 1 aromatic carbocycles. The maximum Gasteiger partial charge on any atom is 0.420 e. The van der Waals surface area contributed by atoms with Crippen LogP contribution in [0.2, 0.25) is 0 Å². The maximum absolute atomic E-state index is 13.6. The molecule has 10 heteroatoms. The lowest BCUT2D eigenvalue weighted by atomic mass is 9.96. The second kappa shape index (κ2) is 8.39. The van der Waals surface area contributed by atoms with Gasteiger partial charge in [-0.3, -0.25) is 4.79 Å². The number of halogens is 4. The van der Waals surface area contributed by atoms with E-state index in [0.29, 0.717) is 12.5 Å². The number of piperidine rings is 1. The molecule has 3 N–H and O–H groups in total. The fraction of sp³-hybridized carbons (Fsp3) is 0.350. The zero-order valence-electron chi connectivity index (χ0n) is 16.0. The molecule has 0 aliphatic carbocycles.